The Kier molecular flexibility index (Phi) is 5.41. The molecule has 126 valence electrons. The fraction of sp³-hybridized carbons (Fsp3) is 0.167. The molecule has 0 saturated carbocycles. The molecule has 0 saturated heterocycles. The summed E-state index contributed by atoms with van der Waals surface area (Å²) in [6.07, 6.45) is 1.13. The van der Waals surface area contributed by atoms with Crippen molar-refractivity contribution in [3.63, 3.8) is 0 Å². The van der Waals surface area contributed by atoms with Crippen molar-refractivity contribution in [2.75, 3.05) is 12.9 Å². The summed E-state index contributed by atoms with van der Waals surface area (Å²) in [5, 5.41) is 0. The first-order valence-electron chi connectivity index (χ1n) is 7.37. The van der Waals surface area contributed by atoms with Crippen molar-refractivity contribution in [3.05, 3.63) is 65.7 Å². The summed E-state index contributed by atoms with van der Waals surface area (Å²) in [7, 11) is -3.29. The summed E-state index contributed by atoms with van der Waals surface area (Å²) in [4.78, 5) is 12.5. The van der Waals surface area contributed by atoms with Gasteiger partial charge < -0.3 is 10.5 Å². The second-order valence-corrected chi connectivity index (χ2v) is 7.19. The van der Waals surface area contributed by atoms with Gasteiger partial charge >= 0.3 is 5.97 Å². The molecule has 2 aromatic carbocycles. The van der Waals surface area contributed by atoms with Gasteiger partial charge in [-0.05, 0) is 30.2 Å². The number of sulfone groups is 1. The zero-order chi connectivity index (χ0) is 17.7. The first kappa shape index (κ1) is 17.7. The number of carbonyl (C=O) groups is 1. The monoisotopic (exact) mass is 345 g/mol. The maximum Gasteiger partial charge on any atom is 0.340 e. The normalized spacial score (nSPS) is 12.4. The van der Waals surface area contributed by atoms with Crippen molar-refractivity contribution in [1.82, 2.24) is 0 Å². The Morgan fingerprint density at radius 2 is 1.58 bits per heavy atom. The third-order valence-corrected chi connectivity index (χ3v) is 4.53. The number of ether oxygens (including phenoxy) is 1. The number of hydrogen-bond donors (Lipinski definition) is 1. The van der Waals surface area contributed by atoms with Crippen LogP contribution in [-0.2, 0) is 19.4 Å². The lowest BCUT2D eigenvalue weighted by Crippen LogP contribution is -2.13. The number of carbonyl (C=O) groups excluding carboxylic acids is 1. The van der Waals surface area contributed by atoms with E-state index in [-0.39, 0.29) is 22.8 Å². The zero-order valence-electron chi connectivity index (χ0n) is 13.5. The quantitative estimate of drug-likeness (QED) is 0.511. The highest BCUT2D eigenvalue weighted by molar-refractivity contribution is 7.90. The molecule has 6 heteroatoms. The standard InChI is InChI=1S/C18H19NO4S/c1-3-23-18(20)16(13-7-5-4-6-8-13)17(19)14-9-11-15(12-10-14)24(2,21)22/h4-12H,3,19H2,1-2H3/b17-16-. The largest absolute Gasteiger partial charge is 0.462 e. The number of benzene rings is 2. The number of rotatable bonds is 5. The molecule has 2 N–H and O–H groups in total. The van der Waals surface area contributed by atoms with Gasteiger partial charge in [0.15, 0.2) is 9.84 Å². The van der Waals surface area contributed by atoms with Crippen LogP contribution < -0.4 is 5.73 Å². The molecule has 0 spiro atoms. The van der Waals surface area contributed by atoms with Gasteiger partial charge in [0.1, 0.15) is 0 Å². The minimum Gasteiger partial charge on any atom is -0.462 e. The first-order valence-corrected chi connectivity index (χ1v) is 9.26. The van der Waals surface area contributed by atoms with E-state index in [4.69, 9.17) is 10.5 Å². The molecular weight excluding hydrogens is 326 g/mol. The molecule has 0 atom stereocenters. The summed E-state index contributed by atoms with van der Waals surface area (Å²) < 4.78 is 28.2. The fourth-order valence-electron chi connectivity index (χ4n) is 2.22. The molecule has 0 amide bonds. The Bertz CT molecular complexity index is 854. The topological polar surface area (TPSA) is 86.5 Å². The predicted octanol–water partition coefficient (Wildman–Crippen LogP) is 2.48. The second kappa shape index (κ2) is 7.31. The van der Waals surface area contributed by atoms with E-state index >= 15 is 0 Å². The molecule has 0 aliphatic heterocycles. The Hall–Kier alpha value is -2.60. The molecule has 0 heterocycles. The minimum atomic E-state index is -3.29. The molecular formula is C18H19NO4S. The SMILES string of the molecule is CCOC(=O)/C(=C(\N)c1ccc(S(C)(=O)=O)cc1)c1ccccc1. The Labute approximate surface area is 141 Å². The maximum absolute atomic E-state index is 12.3. The average molecular weight is 345 g/mol. The average Bonchev–Trinajstić information content (AvgIpc) is 2.55. The van der Waals surface area contributed by atoms with Crippen molar-refractivity contribution in [2.45, 2.75) is 11.8 Å². The summed E-state index contributed by atoms with van der Waals surface area (Å²) >= 11 is 0. The van der Waals surface area contributed by atoms with Gasteiger partial charge in [0, 0.05) is 6.26 Å². The zero-order valence-corrected chi connectivity index (χ0v) is 14.3. The van der Waals surface area contributed by atoms with Crippen LogP contribution in [-0.4, -0.2) is 27.2 Å². The lowest BCUT2D eigenvalue weighted by molar-refractivity contribution is -0.136. The van der Waals surface area contributed by atoms with Crippen LogP contribution in [0.15, 0.2) is 59.5 Å². The van der Waals surface area contributed by atoms with Crippen molar-refractivity contribution in [2.24, 2.45) is 5.73 Å². The molecule has 0 bridgehead atoms. The second-order valence-electron chi connectivity index (χ2n) is 5.17. The van der Waals surface area contributed by atoms with E-state index in [0.29, 0.717) is 11.1 Å². The third kappa shape index (κ3) is 4.02. The maximum atomic E-state index is 12.3. The van der Waals surface area contributed by atoms with Gasteiger partial charge in [-0.15, -0.1) is 0 Å². The van der Waals surface area contributed by atoms with Crippen molar-refractivity contribution >= 4 is 27.1 Å². The molecule has 0 unspecified atom stereocenters. The van der Waals surface area contributed by atoms with E-state index in [2.05, 4.69) is 0 Å². The van der Waals surface area contributed by atoms with Gasteiger partial charge in [0.05, 0.1) is 22.8 Å². The molecule has 0 radical (unpaired) electrons. The highest BCUT2D eigenvalue weighted by Crippen LogP contribution is 2.25. The molecule has 5 nitrogen and oxygen atoms in total. The highest BCUT2D eigenvalue weighted by atomic mass is 32.2. The van der Waals surface area contributed by atoms with Gasteiger partial charge in [-0.2, -0.15) is 0 Å². The van der Waals surface area contributed by atoms with Gasteiger partial charge in [0.2, 0.25) is 0 Å². The van der Waals surface area contributed by atoms with E-state index in [1.807, 2.05) is 6.07 Å². The summed E-state index contributed by atoms with van der Waals surface area (Å²) in [6, 6.07) is 15.1. The molecule has 2 aromatic rings. The van der Waals surface area contributed by atoms with Crippen LogP contribution in [0.5, 0.6) is 0 Å². The smallest absolute Gasteiger partial charge is 0.340 e. The predicted molar refractivity (Wildman–Crippen MR) is 93.6 cm³/mol. The Morgan fingerprint density at radius 3 is 2.08 bits per heavy atom. The number of hydrogen-bond acceptors (Lipinski definition) is 5. The van der Waals surface area contributed by atoms with Crippen LogP contribution in [0.2, 0.25) is 0 Å². The van der Waals surface area contributed by atoms with Gasteiger partial charge in [0.25, 0.3) is 0 Å². The van der Waals surface area contributed by atoms with Crippen LogP contribution in [0.3, 0.4) is 0 Å². The molecule has 0 aliphatic carbocycles. The van der Waals surface area contributed by atoms with Crippen molar-refractivity contribution in [3.8, 4) is 0 Å². The van der Waals surface area contributed by atoms with E-state index in [0.717, 1.165) is 6.26 Å². The molecule has 24 heavy (non-hydrogen) atoms. The van der Waals surface area contributed by atoms with Crippen LogP contribution in [0.1, 0.15) is 18.1 Å². The molecule has 0 aromatic heterocycles. The fourth-order valence-corrected chi connectivity index (χ4v) is 2.85. The van der Waals surface area contributed by atoms with Crippen LogP contribution >= 0.6 is 0 Å². The van der Waals surface area contributed by atoms with E-state index < -0.39 is 15.8 Å². The van der Waals surface area contributed by atoms with E-state index in [1.54, 1.807) is 43.3 Å². The van der Waals surface area contributed by atoms with Crippen LogP contribution in [0, 0.1) is 0 Å². The van der Waals surface area contributed by atoms with Gasteiger partial charge in [-0.25, -0.2) is 13.2 Å². The van der Waals surface area contributed by atoms with E-state index in [1.165, 1.54) is 12.1 Å². The third-order valence-electron chi connectivity index (χ3n) is 3.40. The summed E-state index contributed by atoms with van der Waals surface area (Å²) in [6.45, 7) is 1.95. The molecule has 0 aliphatic rings. The first-order chi connectivity index (χ1) is 11.3. The summed E-state index contributed by atoms with van der Waals surface area (Å²) in [5.74, 6) is -0.520. The lowest BCUT2D eigenvalue weighted by atomic mass is 10.00. The lowest BCUT2D eigenvalue weighted by Gasteiger charge is -2.12. The van der Waals surface area contributed by atoms with Crippen molar-refractivity contribution < 1.29 is 17.9 Å². The summed E-state index contributed by atoms with van der Waals surface area (Å²) in [5.41, 5.74) is 7.87. The number of nitrogens with two attached hydrogens (primary N) is 1. The van der Waals surface area contributed by atoms with Crippen LogP contribution in [0.25, 0.3) is 11.3 Å². The Morgan fingerprint density at radius 1 is 1.00 bits per heavy atom. The Balaban J connectivity index is 2.55. The van der Waals surface area contributed by atoms with E-state index in [9.17, 15) is 13.2 Å². The van der Waals surface area contributed by atoms with Gasteiger partial charge in [-0.1, -0.05) is 42.5 Å². The number of esters is 1. The molecule has 0 fully saturated rings. The van der Waals surface area contributed by atoms with Crippen molar-refractivity contribution in [1.29, 1.82) is 0 Å². The molecule has 2 rings (SSSR count). The minimum absolute atomic E-state index is 0.191. The van der Waals surface area contributed by atoms with Gasteiger partial charge in [-0.3, -0.25) is 0 Å². The van der Waals surface area contributed by atoms with Crippen LogP contribution in [0.4, 0.5) is 0 Å². The highest BCUT2D eigenvalue weighted by Gasteiger charge is 2.18.